The van der Waals surface area contributed by atoms with E-state index in [-0.39, 0.29) is 30.7 Å². The molecular weight excluding hydrogens is 551 g/mol. The van der Waals surface area contributed by atoms with E-state index in [1.165, 1.54) is 24.3 Å². The maximum absolute atomic E-state index is 13.6. The summed E-state index contributed by atoms with van der Waals surface area (Å²) in [4.78, 5) is 12.1. The zero-order valence-electron chi connectivity index (χ0n) is 15.2. The third-order valence-corrected chi connectivity index (χ3v) is 6.42. The van der Waals surface area contributed by atoms with Crippen molar-refractivity contribution in [1.82, 2.24) is 5.32 Å². The number of nitrogens with one attached hydrogen (secondary N) is 1. The summed E-state index contributed by atoms with van der Waals surface area (Å²) in [5, 5.41) is 1.95. The van der Waals surface area contributed by atoms with Crippen molar-refractivity contribution in [3.05, 3.63) is 72.6 Å². The van der Waals surface area contributed by atoms with E-state index in [9.17, 15) is 26.7 Å². The molecule has 2 aromatic rings. The van der Waals surface area contributed by atoms with Crippen molar-refractivity contribution in [3.8, 4) is 0 Å². The number of hydrogen-bond donors (Lipinski definition) is 1. The smallest absolute Gasteiger partial charge is 0.343 e. The zero-order valence-corrected chi connectivity index (χ0v) is 19.1. The van der Waals surface area contributed by atoms with E-state index in [4.69, 9.17) is 34.8 Å². The minimum absolute atomic E-state index is 0.0428. The molecule has 1 saturated carbocycles. The lowest BCUT2D eigenvalue weighted by Gasteiger charge is -2.18. The van der Waals surface area contributed by atoms with E-state index in [1.54, 1.807) is 0 Å². The molecule has 0 saturated heterocycles. The van der Waals surface area contributed by atoms with Gasteiger partial charge in [0.15, 0.2) is 0 Å². The van der Waals surface area contributed by atoms with Crippen LogP contribution in [0.4, 0.5) is 22.0 Å². The Morgan fingerprint density at radius 1 is 1.16 bits per heavy atom. The third kappa shape index (κ3) is 5.72. The third-order valence-electron chi connectivity index (χ3n) is 4.57. The molecule has 31 heavy (non-hydrogen) atoms. The second-order valence-corrected chi connectivity index (χ2v) is 8.95. The summed E-state index contributed by atoms with van der Waals surface area (Å²) in [6.45, 7) is 0. The predicted octanol–water partition coefficient (Wildman–Crippen LogP) is 7.91. The van der Waals surface area contributed by atoms with E-state index < -0.39 is 36.4 Å². The normalized spacial score (nSPS) is 18.8. The van der Waals surface area contributed by atoms with Gasteiger partial charge in [0.1, 0.15) is 0 Å². The highest BCUT2D eigenvalue weighted by Crippen LogP contribution is 2.42. The van der Waals surface area contributed by atoms with Gasteiger partial charge >= 0.3 is 6.18 Å². The molecule has 3 rings (SSSR count). The molecule has 2 unspecified atom stereocenters. The van der Waals surface area contributed by atoms with Crippen LogP contribution >= 0.6 is 50.7 Å². The van der Waals surface area contributed by atoms with Crippen molar-refractivity contribution in [3.63, 3.8) is 0 Å². The Hall–Kier alpha value is -1.35. The lowest BCUT2D eigenvalue weighted by molar-refractivity contribution is -0.139. The van der Waals surface area contributed by atoms with Gasteiger partial charge < -0.3 is 5.32 Å². The minimum atomic E-state index is -4.64. The van der Waals surface area contributed by atoms with Gasteiger partial charge in [-0.3, -0.25) is 4.79 Å². The molecule has 1 N–H and O–H groups in total. The molecule has 1 fully saturated rings. The average Bonchev–Trinajstić information content (AvgIpc) is 3.24. The van der Waals surface area contributed by atoms with Gasteiger partial charge in [-0.1, -0.05) is 53.0 Å². The van der Waals surface area contributed by atoms with Crippen LogP contribution in [0.1, 0.15) is 33.8 Å². The van der Waals surface area contributed by atoms with E-state index in [0.29, 0.717) is 5.56 Å². The molecule has 166 valence electrons. The number of hydrogen-bond acceptors (Lipinski definition) is 1. The Balaban J connectivity index is 1.83. The molecule has 0 bridgehead atoms. The molecule has 0 aromatic heterocycles. The molecule has 1 amide bonds. The first kappa shape index (κ1) is 24.3. The maximum atomic E-state index is 13.6. The summed E-state index contributed by atoms with van der Waals surface area (Å²) in [6.07, 6.45) is -2.92. The van der Waals surface area contributed by atoms with E-state index in [2.05, 4.69) is 21.2 Å². The Morgan fingerprint density at radius 2 is 1.74 bits per heavy atom. The highest BCUT2D eigenvalue weighted by molar-refractivity contribution is 9.10. The fraction of sp³-hybridized carbons (Fsp3) is 0.250. The van der Waals surface area contributed by atoms with Crippen molar-refractivity contribution in [2.24, 2.45) is 0 Å². The molecule has 11 heteroatoms. The number of carbonyl (C=O) groups excluding carboxylic acids is 1. The Bertz CT molecular complexity index is 1030. The lowest BCUT2D eigenvalue weighted by atomic mass is 9.97. The van der Waals surface area contributed by atoms with Crippen molar-refractivity contribution in [2.45, 2.75) is 30.5 Å². The van der Waals surface area contributed by atoms with Crippen LogP contribution in [0.25, 0.3) is 6.08 Å². The van der Waals surface area contributed by atoms with Gasteiger partial charge in [-0.15, -0.1) is 0 Å². The minimum Gasteiger partial charge on any atom is -0.343 e. The molecule has 0 heterocycles. The molecule has 0 radical (unpaired) electrons. The number of allylic oxidation sites excluding steroid dienone is 1. The molecule has 0 spiro atoms. The Kier molecular flexibility index (Phi) is 6.96. The molecule has 1 aliphatic rings. The summed E-state index contributed by atoms with van der Waals surface area (Å²) in [7, 11) is 0. The fourth-order valence-corrected chi connectivity index (χ4v) is 3.99. The van der Waals surface area contributed by atoms with Gasteiger partial charge in [0.05, 0.1) is 32.6 Å². The number of alkyl halides is 5. The second kappa shape index (κ2) is 8.89. The summed E-state index contributed by atoms with van der Waals surface area (Å²) >= 11 is 20.7. The number of amides is 1. The zero-order chi connectivity index (χ0) is 23.1. The first-order valence-electron chi connectivity index (χ1n) is 8.67. The summed E-state index contributed by atoms with van der Waals surface area (Å²) in [5.74, 6) is -5.63. The van der Waals surface area contributed by atoms with Crippen LogP contribution < -0.4 is 5.32 Å². The number of benzene rings is 2. The quantitative estimate of drug-likeness (QED) is 0.291. The highest BCUT2D eigenvalue weighted by atomic mass is 79.9. The molecule has 2 atom stereocenters. The summed E-state index contributed by atoms with van der Waals surface area (Å²) < 4.78 is 67.0. The van der Waals surface area contributed by atoms with Crippen LogP contribution in [0.15, 0.2) is 40.9 Å². The van der Waals surface area contributed by atoms with E-state index in [0.717, 1.165) is 18.2 Å². The first-order valence-corrected chi connectivity index (χ1v) is 10.6. The standard InChI is InChI=1S/C20H12BrCl3F5NO/c21-13-5-9(1-3-11(13)18(31)30-16-8-19(16,25)26)2-4-12(20(27,28)29)10-6-14(22)17(24)15(23)7-10/h1-7,12,16H,8H2,(H,30,31)/b4-2+. The van der Waals surface area contributed by atoms with Gasteiger partial charge in [0, 0.05) is 10.9 Å². The number of rotatable bonds is 5. The fourth-order valence-electron chi connectivity index (χ4n) is 2.80. The van der Waals surface area contributed by atoms with Gasteiger partial charge in [0.2, 0.25) is 0 Å². The average molecular weight is 564 g/mol. The summed E-state index contributed by atoms with van der Waals surface area (Å²) in [5.41, 5.74) is 0.243. The SMILES string of the molecule is O=C(NC1CC1(F)F)c1ccc(/C=C/C(c2cc(Cl)c(Cl)c(Cl)c2)C(F)(F)F)cc1Br. The predicted molar refractivity (Wildman–Crippen MR) is 114 cm³/mol. The van der Waals surface area contributed by atoms with Crippen molar-refractivity contribution in [2.75, 3.05) is 0 Å². The van der Waals surface area contributed by atoms with Crippen LogP contribution in [0.5, 0.6) is 0 Å². The maximum Gasteiger partial charge on any atom is 0.399 e. The molecular formula is C20H12BrCl3F5NO. The van der Waals surface area contributed by atoms with Crippen LogP contribution in [0.2, 0.25) is 15.1 Å². The van der Waals surface area contributed by atoms with Gasteiger partial charge in [-0.2, -0.15) is 13.2 Å². The number of halogens is 9. The van der Waals surface area contributed by atoms with Crippen LogP contribution in [0, 0.1) is 0 Å². The van der Waals surface area contributed by atoms with Crippen LogP contribution in [-0.2, 0) is 0 Å². The van der Waals surface area contributed by atoms with Crippen molar-refractivity contribution in [1.29, 1.82) is 0 Å². The van der Waals surface area contributed by atoms with Crippen molar-refractivity contribution >= 4 is 62.7 Å². The Morgan fingerprint density at radius 3 is 2.23 bits per heavy atom. The second-order valence-electron chi connectivity index (χ2n) is 6.91. The largest absolute Gasteiger partial charge is 0.399 e. The monoisotopic (exact) mass is 561 g/mol. The van der Waals surface area contributed by atoms with Crippen LogP contribution in [-0.4, -0.2) is 24.0 Å². The summed E-state index contributed by atoms with van der Waals surface area (Å²) in [6, 6.07) is 5.11. The van der Waals surface area contributed by atoms with Gasteiger partial charge in [0.25, 0.3) is 11.8 Å². The van der Waals surface area contributed by atoms with E-state index >= 15 is 0 Å². The highest BCUT2D eigenvalue weighted by Gasteiger charge is 2.57. The lowest BCUT2D eigenvalue weighted by Crippen LogP contribution is -2.29. The van der Waals surface area contributed by atoms with Gasteiger partial charge in [-0.05, 0) is 51.3 Å². The van der Waals surface area contributed by atoms with Crippen molar-refractivity contribution < 1.29 is 26.7 Å². The molecule has 1 aliphatic carbocycles. The molecule has 2 aromatic carbocycles. The molecule has 0 aliphatic heterocycles. The Labute approximate surface area is 197 Å². The first-order chi connectivity index (χ1) is 14.3. The topological polar surface area (TPSA) is 29.1 Å². The number of carbonyl (C=O) groups is 1. The van der Waals surface area contributed by atoms with Crippen LogP contribution in [0.3, 0.4) is 0 Å². The molecule has 2 nitrogen and oxygen atoms in total. The van der Waals surface area contributed by atoms with E-state index in [1.807, 2.05) is 0 Å². The van der Waals surface area contributed by atoms with Gasteiger partial charge in [-0.25, -0.2) is 8.78 Å².